The first-order valence-electron chi connectivity index (χ1n) is 8.32. The normalized spacial score (nSPS) is 13.4. The standard InChI is InChI=1S/C19H19N3O4/c1-24-17-8-12-5-6-22(11-13(12)9-18(17)25-2)19(23)15-10-14(20-21-15)16-4-3-7-26-16/h3-4,7-10H,5-6,11H2,1-2H3,(H,20,21). The minimum atomic E-state index is -0.112. The van der Waals surface area contributed by atoms with Crippen LogP contribution in [0.1, 0.15) is 21.6 Å². The fourth-order valence-corrected chi connectivity index (χ4v) is 3.21. The Hall–Kier alpha value is -3.22. The molecule has 0 bridgehead atoms. The van der Waals surface area contributed by atoms with Crippen LogP contribution in [0.25, 0.3) is 11.5 Å². The summed E-state index contributed by atoms with van der Waals surface area (Å²) in [5, 5.41) is 7.00. The van der Waals surface area contributed by atoms with E-state index in [9.17, 15) is 4.79 Å². The number of amides is 1. The van der Waals surface area contributed by atoms with Gasteiger partial charge in [0, 0.05) is 19.2 Å². The maximum atomic E-state index is 12.8. The summed E-state index contributed by atoms with van der Waals surface area (Å²) >= 11 is 0. The summed E-state index contributed by atoms with van der Waals surface area (Å²) in [7, 11) is 3.23. The van der Waals surface area contributed by atoms with Crippen LogP contribution < -0.4 is 9.47 Å². The average molecular weight is 353 g/mol. The number of aromatic amines is 1. The van der Waals surface area contributed by atoms with Crippen molar-refractivity contribution in [2.24, 2.45) is 0 Å². The molecule has 1 N–H and O–H groups in total. The molecule has 7 heteroatoms. The van der Waals surface area contributed by atoms with Crippen LogP contribution in [0.3, 0.4) is 0 Å². The summed E-state index contributed by atoms with van der Waals surface area (Å²) in [5.74, 6) is 1.92. The van der Waals surface area contributed by atoms with Crippen LogP contribution in [0.5, 0.6) is 11.5 Å². The minimum Gasteiger partial charge on any atom is -0.493 e. The van der Waals surface area contributed by atoms with Gasteiger partial charge in [-0.15, -0.1) is 0 Å². The van der Waals surface area contributed by atoms with Crippen LogP contribution in [0.15, 0.2) is 41.0 Å². The third kappa shape index (κ3) is 2.81. The van der Waals surface area contributed by atoms with Gasteiger partial charge in [0.25, 0.3) is 5.91 Å². The van der Waals surface area contributed by atoms with Crippen molar-refractivity contribution in [2.45, 2.75) is 13.0 Å². The Morgan fingerprint density at radius 1 is 1.19 bits per heavy atom. The largest absolute Gasteiger partial charge is 0.493 e. The number of fused-ring (bicyclic) bond motifs is 1. The Labute approximate surface area is 150 Å². The van der Waals surface area contributed by atoms with E-state index in [1.807, 2.05) is 18.2 Å². The Balaban J connectivity index is 1.56. The van der Waals surface area contributed by atoms with E-state index < -0.39 is 0 Å². The van der Waals surface area contributed by atoms with Gasteiger partial charge in [0.15, 0.2) is 23.0 Å². The van der Waals surface area contributed by atoms with Crippen LogP contribution in [0, 0.1) is 0 Å². The first-order valence-corrected chi connectivity index (χ1v) is 8.32. The zero-order valence-corrected chi connectivity index (χ0v) is 14.6. The number of nitrogens with one attached hydrogen (secondary N) is 1. The highest BCUT2D eigenvalue weighted by Crippen LogP contribution is 2.33. The topological polar surface area (TPSA) is 80.6 Å². The van der Waals surface area contributed by atoms with Gasteiger partial charge in [0.1, 0.15) is 5.69 Å². The molecule has 0 fully saturated rings. The molecule has 0 unspecified atom stereocenters. The molecule has 0 atom stereocenters. The Morgan fingerprint density at radius 3 is 2.65 bits per heavy atom. The number of hydrogen-bond donors (Lipinski definition) is 1. The number of hydrogen-bond acceptors (Lipinski definition) is 5. The van der Waals surface area contributed by atoms with Crippen LogP contribution in [0.4, 0.5) is 0 Å². The lowest BCUT2D eigenvalue weighted by Gasteiger charge is -2.29. The zero-order chi connectivity index (χ0) is 18.1. The van der Waals surface area contributed by atoms with Gasteiger partial charge >= 0.3 is 0 Å². The molecule has 3 heterocycles. The van der Waals surface area contributed by atoms with Gasteiger partial charge in [-0.3, -0.25) is 9.89 Å². The number of furan rings is 1. The third-order valence-corrected chi connectivity index (χ3v) is 4.59. The summed E-state index contributed by atoms with van der Waals surface area (Å²) in [4.78, 5) is 14.6. The molecule has 0 radical (unpaired) electrons. The molecule has 1 aliphatic rings. The molecule has 0 spiro atoms. The van der Waals surface area contributed by atoms with E-state index in [1.165, 1.54) is 5.56 Å². The number of aromatic nitrogens is 2. The van der Waals surface area contributed by atoms with E-state index in [1.54, 1.807) is 37.5 Å². The second-order valence-corrected chi connectivity index (χ2v) is 6.10. The Morgan fingerprint density at radius 2 is 1.96 bits per heavy atom. The molecule has 7 nitrogen and oxygen atoms in total. The summed E-state index contributed by atoms with van der Waals surface area (Å²) in [6.45, 7) is 1.14. The predicted octanol–water partition coefficient (Wildman–Crippen LogP) is 2.89. The number of benzene rings is 1. The summed E-state index contributed by atoms with van der Waals surface area (Å²) in [5.41, 5.74) is 3.29. The fourth-order valence-electron chi connectivity index (χ4n) is 3.21. The summed E-state index contributed by atoms with van der Waals surface area (Å²) in [6.07, 6.45) is 2.35. The molecular formula is C19H19N3O4. The van der Waals surface area contributed by atoms with Crippen LogP contribution in [-0.2, 0) is 13.0 Å². The molecule has 1 amide bonds. The van der Waals surface area contributed by atoms with Gasteiger partial charge in [-0.2, -0.15) is 5.10 Å². The van der Waals surface area contributed by atoms with E-state index in [0.29, 0.717) is 41.7 Å². The van der Waals surface area contributed by atoms with Crippen molar-refractivity contribution in [3.05, 3.63) is 53.4 Å². The smallest absolute Gasteiger partial charge is 0.274 e. The number of H-pyrrole nitrogens is 1. The van der Waals surface area contributed by atoms with Gasteiger partial charge in [-0.1, -0.05) is 0 Å². The monoisotopic (exact) mass is 353 g/mol. The van der Waals surface area contributed by atoms with Crippen molar-refractivity contribution in [2.75, 3.05) is 20.8 Å². The SMILES string of the molecule is COc1cc2c(cc1OC)CN(C(=O)c1cc(-c3ccco3)[nH]n1)CC2. The lowest BCUT2D eigenvalue weighted by molar-refractivity contribution is 0.0728. The van der Waals surface area contributed by atoms with E-state index in [-0.39, 0.29) is 5.91 Å². The molecule has 1 aliphatic heterocycles. The second-order valence-electron chi connectivity index (χ2n) is 6.10. The first-order chi connectivity index (χ1) is 12.7. The molecule has 134 valence electrons. The number of carbonyl (C=O) groups is 1. The summed E-state index contributed by atoms with van der Waals surface area (Å²) in [6, 6.07) is 9.25. The van der Waals surface area contributed by atoms with Crippen molar-refractivity contribution in [1.29, 1.82) is 0 Å². The van der Waals surface area contributed by atoms with Crippen molar-refractivity contribution in [1.82, 2.24) is 15.1 Å². The molecule has 0 saturated carbocycles. The molecule has 26 heavy (non-hydrogen) atoms. The highest BCUT2D eigenvalue weighted by molar-refractivity contribution is 5.93. The predicted molar refractivity (Wildman–Crippen MR) is 94.3 cm³/mol. The fraction of sp³-hybridized carbons (Fsp3) is 0.263. The van der Waals surface area contributed by atoms with Crippen LogP contribution in [0.2, 0.25) is 0 Å². The van der Waals surface area contributed by atoms with Gasteiger partial charge in [-0.05, 0) is 41.8 Å². The zero-order valence-electron chi connectivity index (χ0n) is 14.6. The second kappa shape index (κ2) is 6.59. The van der Waals surface area contributed by atoms with E-state index >= 15 is 0 Å². The Kier molecular flexibility index (Phi) is 4.12. The molecule has 2 aromatic heterocycles. The molecule has 1 aromatic carbocycles. The van der Waals surface area contributed by atoms with Crippen molar-refractivity contribution >= 4 is 5.91 Å². The van der Waals surface area contributed by atoms with Gasteiger partial charge in [-0.25, -0.2) is 0 Å². The van der Waals surface area contributed by atoms with Crippen molar-refractivity contribution in [3.8, 4) is 23.0 Å². The van der Waals surface area contributed by atoms with Crippen molar-refractivity contribution in [3.63, 3.8) is 0 Å². The number of ether oxygens (including phenoxy) is 2. The highest BCUT2D eigenvalue weighted by atomic mass is 16.5. The molecule has 3 aromatic rings. The molecular weight excluding hydrogens is 334 g/mol. The van der Waals surface area contributed by atoms with E-state index in [2.05, 4.69) is 10.2 Å². The lowest BCUT2D eigenvalue weighted by atomic mass is 9.98. The lowest BCUT2D eigenvalue weighted by Crippen LogP contribution is -2.36. The highest BCUT2D eigenvalue weighted by Gasteiger charge is 2.25. The van der Waals surface area contributed by atoms with E-state index in [0.717, 1.165) is 12.0 Å². The first kappa shape index (κ1) is 16.3. The van der Waals surface area contributed by atoms with Crippen LogP contribution in [-0.4, -0.2) is 41.8 Å². The molecule has 4 rings (SSSR count). The maximum absolute atomic E-state index is 12.8. The number of methoxy groups -OCH3 is 2. The molecule has 0 saturated heterocycles. The number of carbonyl (C=O) groups excluding carboxylic acids is 1. The quantitative estimate of drug-likeness (QED) is 0.780. The summed E-state index contributed by atoms with van der Waals surface area (Å²) < 4.78 is 16.1. The Bertz CT molecular complexity index is 930. The molecule has 0 aliphatic carbocycles. The number of rotatable bonds is 4. The minimum absolute atomic E-state index is 0.112. The van der Waals surface area contributed by atoms with Crippen LogP contribution >= 0.6 is 0 Å². The van der Waals surface area contributed by atoms with Gasteiger partial charge < -0.3 is 18.8 Å². The average Bonchev–Trinajstić information content (AvgIpc) is 3.37. The van der Waals surface area contributed by atoms with E-state index in [4.69, 9.17) is 13.9 Å². The van der Waals surface area contributed by atoms with Gasteiger partial charge in [0.2, 0.25) is 0 Å². The number of nitrogens with zero attached hydrogens (tertiary/aromatic N) is 2. The maximum Gasteiger partial charge on any atom is 0.274 e. The van der Waals surface area contributed by atoms with Crippen molar-refractivity contribution < 1.29 is 18.7 Å². The van der Waals surface area contributed by atoms with Gasteiger partial charge in [0.05, 0.1) is 20.5 Å². The third-order valence-electron chi connectivity index (χ3n) is 4.59.